The van der Waals surface area contributed by atoms with Crippen molar-refractivity contribution in [1.29, 1.82) is 0 Å². The van der Waals surface area contributed by atoms with E-state index >= 15 is 0 Å². The number of hydrogen-bond donors (Lipinski definition) is 0. The van der Waals surface area contributed by atoms with Gasteiger partial charge in [0.2, 0.25) is 5.95 Å². The zero-order valence-corrected chi connectivity index (χ0v) is 16.2. The molecule has 2 aromatic heterocycles. The predicted octanol–water partition coefficient (Wildman–Crippen LogP) is 3.12. The van der Waals surface area contributed by atoms with Gasteiger partial charge in [-0.05, 0) is 45.7 Å². The van der Waals surface area contributed by atoms with E-state index in [4.69, 9.17) is 4.98 Å². The largest absolute Gasteiger partial charge is 0.338 e. The number of nitrogens with zero attached hydrogens (tertiary/aromatic N) is 6. The highest BCUT2D eigenvalue weighted by Crippen LogP contribution is 2.28. The summed E-state index contributed by atoms with van der Waals surface area (Å²) in [6.45, 7) is 10.9. The van der Waals surface area contributed by atoms with Gasteiger partial charge in [0.15, 0.2) is 0 Å². The number of rotatable bonds is 5. The zero-order valence-electron chi connectivity index (χ0n) is 16.2. The lowest BCUT2D eigenvalue weighted by Gasteiger charge is -2.49. The van der Waals surface area contributed by atoms with Gasteiger partial charge in [-0.3, -0.25) is 9.58 Å². The molecule has 0 spiro atoms. The fraction of sp³-hybridized carbons (Fsp3) is 0.650. The van der Waals surface area contributed by atoms with Gasteiger partial charge in [-0.15, -0.1) is 0 Å². The Bertz CT molecular complexity index is 749. The fourth-order valence-electron chi connectivity index (χ4n) is 4.25. The monoisotopic (exact) mass is 354 g/mol. The van der Waals surface area contributed by atoms with Crippen molar-refractivity contribution in [3.63, 3.8) is 0 Å². The third-order valence-corrected chi connectivity index (χ3v) is 5.79. The van der Waals surface area contributed by atoms with E-state index in [1.54, 1.807) is 0 Å². The number of aromatic nitrogens is 4. The number of likely N-dealkylation sites (tertiary alicyclic amines) is 1. The van der Waals surface area contributed by atoms with Crippen LogP contribution in [0.25, 0.3) is 11.3 Å². The van der Waals surface area contributed by atoms with Gasteiger partial charge in [-0.1, -0.05) is 13.3 Å². The van der Waals surface area contributed by atoms with Crippen molar-refractivity contribution in [1.82, 2.24) is 24.6 Å². The molecule has 2 fully saturated rings. The number of anilines is 1. The summed E-state index contributed by atoms with van der Waals surface area (Å²) >= 11 is 0. The lowest BCUT2D eigenvalue weighted by atomic mass is 9.98. The maximum atomic E-state index is 4.84. The lowest BCUT2D eigenvalue weighted by Crippen LogP contribution is -2.62. The van der Waals surface area contributed by atoms with Crippen molar-refractivity contribution in [2.75, 3.05) is 24.5 Å². The van der Waals surface area contributed by atoms with E-state index in [0.717, 1.165) is 55.0 Å². The Labute approximate surface area is 156 Å². The first kappa shape index (κ1) is 17.5. The molecule has 2 saturated heterocycles. The van der Waals surface area contributed by atoms with Gasteiger partial charge >= 0.3 is 0 Å². The summed E-state index contributed by atoms with van der Waals surface area (Å²) in [4.78, 5) is 14.4. The molecule has 2 aliphatic heterocycles. The summed E-state index contributed by atoms with van der Waals surface area (Å²) in [6, 6.07) is 3.37. The van der Waals surface area contributed by atoms with Gasteiger partial charge in [0.25, 0.3) is 0 Å². The van der Waals surface area contributed by atoms with E-state index in [-0.39, 0.29) is 0 Å². The Morgan fingerprint density at radius 2 is 2.08 bits per heavy atom. The SMILES string of the molecule is CCCn1cc(-c2ccnc(N3CC(N4CCCCC4C)C3)n2)c(C)n1. The van der Waals surface area contributed by atoms with Gasteiger partial charge in [0, 0.05) is 49.7 Å². The summed E-state index contributed by atoms with van der Waals surface area (Å²) in [6.07, 6.45) is 9.13. The molecular weight excluding hydrogens is 324 g/mol. The minimum absolute atomic E-state index is 0.659. The lowest BCUT2D eigenvalue weighted by molar-refractivity contribution is 0.0869. The second-order valence-corrected chi connectivity index (χ2v) is 7.77. The van der Waals surface area contributed by atoms with Crippen molar-refractivity contribution in [3.8, 4) is 11.3 Å². The Kier molecular flexibility index (Phi) is 4.94. The second-order valence-electron chi connectivity index (χ2n) is 7.77. The van der Waals surface area contributed by atoms with Crippen LogP contribution in [-0.4, -0.2) is 56.4 Å². The predicted molar refractivity (Wildman–Crippen MR) is 104 cm³/mol. The van der Waals surface area contributed by atoms with E-state index in [1.807, 2.05) is 16.9 Å². The molecular formula is C20H30N6. The molecule has 26 heavy (non-hydrogen) atoms. The molecule has 1 atom stereocenters. The number of aryl methyl sites for hydroxylation is 2. The molecule has 0 bridgehead atoms. The third kappa shape index (κ3) is 3.34. The van der Waals surface area contributed by atoms with Crippen LogP contribution in [-0.2, 0) is 6.54 Å². The summed E-state index contributed by atoms with van der Waals surface area (Å²) in [7, 11) is 0. The Morgan fingerprint density at radius 1 is 1.23 bits per heavy atom. The molecule has 0 saturated carbocycles. The molecule has 6 nitrogen and oxygen atoms in total. The van der Waals surface area contributed by atoms with Crippen LogP contribution in [0.4, 0.5) is 5.95 Å². The van der Waals surface area contributed by atoms with Crippen LogP contribution < -0.4 is 4.90 Å². The molecule has 2 aromatic rings. The van der Waals surface area contributed by atoms with E-state index in [1.165, 1.54) is 25.8 Å². The fourth-order valence-corrected chi connectivity index (χ4v) is 4.25. The van der Waals surface area contributed by atoms with Crippen LogP contribution in [0.1, 0.15) is 45.2 Å². The summed E-state index contributed by atoms with van der Waals surface area (Å²) in [5, 5.41) is 4.60. The quantitative estimate of drug-likeness (QED) is 0.826. The molecule has 140 valence electrons. The normalized spacial score (nSPS) is 21.8. The highest BCUT2D eigenvalue weighted by Gasteiger charge is 2.36. The first-order chi connectivity index (χ1) is 12.7. The van der Waals surface area contributed by atoms with Crippen molar-refractivity contribution in [3.05, 3.63) is 24.2 Å². The standard InChI is InChI=1S/C20H30N6/c1-4-10-25-14-18(16(3)23-25)19-8-9-21-20(22-19)24-12-17(13-24)26-11-6-5-7-15(26)2/h8-9,14-15,17H,4-7,10-13H2,1-3H3. The van der Waals surface area contributed by atoms with Crippen LogP contribution in [0, 0.1) is 6.92 Å². The second kappa shape index (κ2) is 7.35. The Morgan fingerprint density at radius 3 is 2.85 bits per heavy atom. The zero-order chi connectivity index (χ0) is 18.1. The number of hydrogen-bond acceptors (Lipinski definition) is 5. The smallest absolute Gasteiger partial charge is 0.225 e. The van der Waals surface area contributed by atoms with Crippen molar-refractivity contribution < 1.29 is 0 Å². The van der Waals surface area contributed by atoms with Gasteiger partial charge in [-0.25, -0.2) is 9.97 Å². The van der Waals surface area contributed by atoms with Crippen LogP contribution in [0.2, 0.25) is 0 Å². The Hall–Kier alpha value is -1.95. The summed E-state index contributed by atoms with van der Waals surface area (Å²) in [5.74, 6) is 0.853. The minimum atomic E-state index is 0.659. The molecule has 0 radical (unpaired) electrons. The third-order valence-electron chi connectivity index (χ3n) is 5.79. The van der Waals surface area contributed by atoms with Gasteiger partial charge in [0.05, 0.1) is 11.4 Å². The highest BCUT2D eigenvalue weighted by atomic mass is 15.4. The van der Waals surface area contributed by atoms with Crippen LogP contribution in [0.5, 0.6) is 0 Å². The van der Waals surface area contributed by atoms with Gasteiger partial charge in [0.1, 0.15) is 0 Å². The summed E-state index contributed by atoms with van der Waals surface area (Å²) in [5.41, 5.74) is 3.13. The average Bonchev–Trinajstić information content (AvgIpc) is 2.96. The maximum absolute atomic E-state index is 4.84. The van der Waals surface area contributed by atoms with E-state index < -0.39 is 0 Å². The Balaban J connectivity index is 1.46. The van der Waals surface area contributed by atoms with Crippen LogP contribution in [0.3, 0.4) is 0 Å². The van der Waals surface area contributed by atoms with Crippen LogP contribution >= 0.6 is 0 Å². The van der Waals surface area contributed by atoms with Crippen LogP contribution in [0.15, 0.2) is 18.5 Å². The average molecular weight is 355 g/mol. The minimum Gasteiger partial charge on any atom is -0.338 e. The molecule has 0 aliphatic carbocycles. The molecule has 0 aromatic carbocycles. The highest BCUT2D eigenvalue weighted by molar-refractivity contribution is 5.62. The first-order valence-corrected chi connectivity index (χ1v) is 10.0. The molecule has 1 unspecified atom stereocenters. The molecule has 2 aliphatic rings. The van der Waals surface area contributed by atoms with E-state index in [0.29, 0.717) is 6.04 Å². The molecule has 6 heteroatoms. The molecule has 0 amide bonds. The molecule has 4 heterocycles. The van der Waals surface area contributed by atoms with E-state index in [9.17, 15) is 0 Å². The van der Waals surface area contributed by atoms with Crippen molar-refractivity contribution in [2.45, 2.75) is 65.1 Å². The first-order valence-electron chi connectivity index (χ1n) is 10.0. The van der Waals surface area contributed by atoms with Crippen molar-refractivity contribution >= 4 is 5.95 Å². The van der Waals surface area contributed by atoms with E-state index in [2.05, 4.69) is 46.9 Å². The number of piperidine rings is 1. The topological polar surface area (TPSA) is 50.1 Å². The van der Waals surface area contributed by atoms with Crippen molar-refractivity contribution in [2.24, 2.45) is 0 Å². The van der Waals surface area contributed by atoms with Gasteiger partial charge in [-0.2, -0.15) is 5.10 Å². The maximum Gasteiger partial charge on any atom is 0.225 e. The molecule has 4 rings (SSSR count). The molecule has 0 N–H and O–H groups in total. The van der Waals surface area contributed by atoms with Gasteiger partial charge < -0.3 is 4.90 Å². The summed E-state index contributed by atoms with van der Waals surface area (Å²) < 4.78 is 2.02.